The van der Waals surface area contributed by atoms with Crippen molar-refractivity contribution in [3.8, 4) is 0 Å². The summed E-state index contributed by atoms with van der Waals surface area (Å²) in [6.07, 6.45) is 3.04. The molecule has 6 heteroatoms. The Bertz CT molecular complexity index is 392. The second-order valence-corrected chi connectivity index (χ2v) is 5.36. The average molecular weight is 216 g/mol. The Hall–Kier alpha value is -0.850. The lowest BCUT2D eigenvalue weighted by atomic mass is 10.1. The predicted octanol–water partition coefficient (Wildman–Crippen LogP) is -0.373. The molecule has 0 bridgehead atoms. The first-order valence-electron chi connectivity index (χ1n) is 4.38. The van der Waals surface area contributed by atoms with Crippen molar-refractivity contribution in [3.05, 3.63) is 18.5 Å². The summed E-state index contributed by atoms with van der Waals surface area (Å²) in [7, 11) is -3.31. The maximum atomic E-state index is 11.8. The number of sulfonamides is 1. The molecule has 0 amide bonds. The summed E-state index contributed by atoms with van der Waals surface area (Å²) >= 11 is 0. The van der Waals surface area contributed by atoms with Gasteiger partial charge in [-0.2, -0.15) is 4.31 Å². The number of aliphatic hydroxyl groups is 1. The van der Waals surface area contributed by atoms with Gasteiger partial charge in [0.15, 0.2) is 0 Å². The number of nitrogens with zero attached hydrogens (tertiary/aromatic N) is 1. The van der Waals surface area contributed by atoms with Gasteiger partial charge in [-0.25, -0.2) is 8.42 Å². The molecule has 2 heterocycles. The largest absolute Gasteiger partial charge is 0.396 e. The standard InChI is InChI=1S/C8H12N2O3S/c11-6-7-4-10(5-7)14(12,13)8-1-2-9-3-8/h1-3,7,9,11H,4-6H2. The first kappa shape index (κ1) is 9.70. The van der Waals surface area contributed by atoms with Crippen molar-refractivity contribution in [2.24, 2.45) is 5.92 Å². The van der Waals surface area contributed by atoms with Crippen molar-refractivity contribution < 1.29 is 13.5 Å². The van der Waals surface area contributed by atoms with E-state index in [1.165, 1.54) is 16.6 Å². The number of aromatic amines is 1. The highest BCUT2D eigenvalue weighted by atomic mass is 32.2. The van der Waals surface area contributed by atoms with Crippen molar-refractivity contribution in [1.29, 1.82) is 0 Å². The zero-order valence-corrected chi connectivity index (χ0v) is 8.37. The van der Waals surface area contributed by atoms with Crippen LogP contribution in [0, 0.1) is 5.92 Å². The van der Waals surface area contributed by atoms with E-state index in [1.54, 1.807) is 6.20 Å². The summed E-state index contributed by atoms with van der Waals surface area (Å²) in [5.41, 5.74) is 0. The molecule has 14 heavy (non-hydrogen) atoms. The van der Waals surface area contributed by atoms with Gasteiger partial charge in [0.05, 0.1) is 4.90 Å². The maximum absolute atomic E-state index is 11.8. The third kappa shape index (κ3) is 1.45. The van der Waals surface area contributed by atoms with Crippen LogP contribution in [0.1, 0.15) is 0 Å². The number of hydrogen-bond acceptors (Lipinski definition) is 3. The molecule has 0 atom stereocenters. The summed E-state index contributed by atoms with van der Waals surface area (Å²) in [5, 5.41) is 8.77. The van der Waals surface area contributed by atoms with Gasteiger partial charge in [0.25, 0.3) is 0 Å². The number of hydrogen-bond donors (Lipinski definition) is 2. The number of aromatic nitrogens is 1. The van der Waals surface area contributed by atoms with Gasteiger partial charge in [-0.05, 0) is 6.07 Å². The Morgan fingerprint density at radius 3 is 2.79 bits per heavy atom. The molecule has 1 aliphatic heterocycles. The van der Waals surface area contributed by atoms with Crippen LogP contribution >= 0.6 is 0 Å². The lowest BCUT2D eigenvalue weighted by Crippen LogP contribution is -2.51. The molecule has 0 saturated carbocycles. The number of aliphatic hydroxyl groups excluding tert-OH is 1. The van der Waals surface area contributed by atoms with Crippen molar-refractivity contribution in [1.82, 2.24) is 9.29 Å². The predicted molar refractivity (Wildman–Crippen MR) is 50.1 cm³/mol. The first-order chi connectivity index (χ1) is 6.64. The highest BCUT2D eigenvalue weighted by Crippen LogP contribution is 2.24. The molecule has 78 valence electrons. The van der Waals surface area contributed by atoms with Crippen molar-refractivity contribution in [2.45, 2.75) is 4.90 Å². The van der Waals surface area contributed by atoms with Crippen molar-refractivity contribution >= 4 is 10.0 Å². The smallest absolute Gasteiger partial charge is 0.244 e. The van der Waals surface area contributed by atoms with Crippen LogP contribution in [0.15, 0.2) is 23.4 Å². The lowest BCUT2D eigenvalue weighted by Gasteiger charge is -2.36. The van der Waals surface area contributed by atoms with Crippen LogP contribution < -0.4 is 0 Å². The molecule has 1 aromatic heterocycles. The summed E-state index contributed by atoms with van der Waals surface area (Å²) in [4.78, 5) is 2.99. The van der Waals surface area contributed by atoms with Crippen LogP contribution in [-0.2, 0) is 10.0 Å². The average Bonchev–Trinajstić information content (AvgIpc) is 2.53. The highest BCUT2D eigenvalue weighted by molar-refractivity contribution is 7.89. The molecular formula is C8H12N2O3S. The normalized spacial score (nSPS) is 19.5. The van der Waals surface area contributed by atoms with Gasteiger partial charge in [0.1, 0.15) is 0 Å². The number of H-pyrrole nitrogens is 1. The third-order valence-corrected chi connectivity index (χ3v) is 4.22. The van der Waals surface area contributed by atoms with Crippen LogP contribution in [0.3, 0.4) is 0 Å². The molecule has 0 spiro atoms. The summed E-state index contributed by atoms with van der Waals surface area (Å²) in [5.74, 6) is 0.101. The second-order valence-electron chi connectivity index (χ2n) is 3.42. The minimum absolute atomic E-state index is 0.0547. The minimum Gasteiger partial charge on any atom is -0.396 e. The molecule has 1 fully saturated rings. The molecule has 0 aliphatic carbocycles. The van der Waals surface area contributed by atoms with E-state index in [1.807, 2.05) is 0 Å². The van der Waals surface area contributed by atoms with E-state index in [9.17, 15) is 8.42 Å². The van der Waals surface area contributed by atoms with E-state index in [0.717, 1.165) is 0 Å². The molecule has 0 unspecified atom stereocenters. The fourth-order valence-electron chi connectivity index (χ4n) is 1.45. The SMILES string of the molecule is O=S(=O)(c1cc[nH]c1)N1CC(CO)C1. The summed E-state index contributed by atoms with van der Waals surface area (Å²) < 4.78 is 24.9. The Morgan fingerprint density at radius 1 is 1.57 bits per heavy atom. The first-order valence-corrected chi connectivity index (χ1v) is 5.82. The van der Waals surface area contributed by atoms with Crippen LogP contribution in [0.25, 0.3) is 0 Å². The van der Waals surface area contributed by atoms with Crippen molar-refractivity contribution in [3.63, 3.8) is 0 Å². The van der Waals surface area contributed by atoms with Gasteiger partial charge in [-0.1, -0.05) is 0 Å². The molecular weight excluding hydrogens is 204 g/mol. The fourth-order valence-corrected chi connectivity index (χ4v) is 3.02. The molecule has 0 aromatic carbocycles. The van der Waals surface area contributed by atoms with E-state index in [0.29, 0.717) is 13.1 Å². The Labute approximate surface area is 82.4 Å². The molecule has 0 radical (unpaired) electrons. The molecule has 2 N–H and O–H groups in total. The quantitative estimate of drug-likeness (QED) is 0.724. The zero-order valence-electron chi connectivity index (χ0n) is 7.55. The van der Waals surface area contributed by atoms with Gasteiger partial charge in [-0.15, -0.1) is 0 Å². The van der Waals surface area contributed by atoms with Gasteiger partial charge >= 0.3 is 0 Å². The Balaban J connectivity index is 2.12. The lowest BCUT2D eigenvalue weighted by molar-refractivity contribution is 0.117. The van der Waals surface area contributed by atoms with E-state index in [2.05, 4.69) is 4.98 Å². The van der Waals surface area contributed by atoms with Crippen LogP contribution in [0.5, 0.6) is 0 Å². The Morgan fingerprint density at radius 2 is 2.29 bits per heavy atom. The minimum atomic E-state index is -3.31. The summed E-state index contributed by atoms with van der Waals surface area (Å²) in [6, 6.07) is 1.53. The maximum Gasteiger partial charge on any atom is 0.244 e. The third-order valence-electron chi connectivity index (χ3n) is 2.39. The summed E-state index contributed by atoms with van der Waals surface area (Å²) in [6.45, 7) is 0.896. The fraction of sp³-hybridized carbons (Fsp3) is 0.500. The van der Waals surface area contributed by atoms with Crippen LogP contribution in [-0.4, -0.2) is 42.5 Å². The molecule has 1 saturated heterocycles. The van der Waals surface area contributed by atoms with Crippen LogP contribution in [0.4, 0.5) is 0 Å². The molecule has 1 aromatic rings. The molecule has 2 rings (SSSR count). The zero-order chi connectivity index (χ0) is 10.2. The van der Waals surface area contributed by atoms with E-state index in [-0.39, 0.29) is 17.4 Å². The van der Waals surface area contributed by atoms with E-state index in [4.69, 9.17) is 5.11 Å². The van der Waals surface area contributed by atoms with E-state index < -0.39 is 10.0 Å². The Kier molecular flexibility index (Phi) is 2.34. The highest BCUT2D eigenvalue weighted by Gasteiger charge is 2.36. The van der Waals surface area contributed by atoms with Gasteiger partial charge in [0, 0.05) is 38.0 Å². The van der Waals surface area contributed by atoms with E-state index >= 15 is 0 Å². The second kappa shape index (κ2) is 3.38. The number of rotatable bonds is 3. The van der Waals surface area contributed by atoms with Gasteiger partial charge in [-0.3, -0.25) is 0 Å². The van der Waals surface area contributed by atoms with Gasteiger partial charge < -0.3 is 10.1 Å². The van der Waals surface area contributed by atoms with Crippen molar-refractivity contribution in [2.75, 3.05) is 19.7 Å². The molecule has 5 nitrogen and oxygen atoms in total. The topological polar surface area (TPSA) is 73.4 Å². The van der Waals surface area contributed by atoms with Gasteiger partial charge in [0.2, 0.25) is 10.0 Å². The molecule has 1 aliphatic rings. The van der Waals surface area contributed by atoms with Crippen LogP contribution in [0.2, 0.25) is 0 Å². The monoisotopic (exact) mass is 216 g/mol. The number of nitrogens with one attached hydrogen (secondary N) is 1.